The standard InChI is InChI=1S/C18H39N5O.HI/c1-6-19-18(20-14-17-15-22(5)12-13-24-17)21-16(4)10-9-11-23(7-2)8-3;/h16-17H,6-15H2,1-5H3,(H2,19,20,21);1H. The maximum atomic E-state index is 5.79. The fraction of sp³-hybridized carbons (Fsp3) is 0.944. The summed E-state index contributed by atoms with van der Waals surface area (Å²) in [5.41, 5.74) is 0. The third-order valence-corrected chi connectivity index (χ3v) is 4.53. The molecule has 0 aliphatic carbocycles. The number of nitrogens with zero attached hydrogens (tertiary/aromatic N) is 3. The van der Waals surface area contributed by atoms with Crippen LogP contribution >= 0.6 is 24.0 Å². The van der Waals surface area contributed by atoms with Crippen LogP contribution in [-0.4, -0.2) is 87.4 Å². The molecule has 1 fully saturated rings. The minimum absolute atomic E-state index is 0. The average molecular weight is 469 g/mol. The lowest BCUT2D eigenvalue weighted by atomic mass is 10.2. The lowest BCUT2D eigenvalue weighted by Crippen LogP contribution is -2.45. The van der Waals surface area contributed by atoms with Crippen LogP contribution in [0.25, 0.3) is 0 Å². The molecule has 150 valence electrons. The lowest BCUT2D eigenvalue weighted by molar-refractivity contribution is -0.0136. The molecule has 0 aromatic carbocycles. The third-order valence-electron chi connectivity index (χ3n) is 4.53. The second-order valence-electron chi connectivity index (χ2n) is 6.69. The predicted molar refractivity (Wildman–Crippen MR) is 118 cm³/mol. The Morgan fingerprint density at radius 1 is 1.32 bits per heavy atom. The highest BCUT2D eigenvalue weighted by molar-refractivity contribution is 14.0. The van der Waals surface area contributed by atoms with Gasteiger partial charge in [-0.25, -0.2) is 0 Å². The number of nitrogens with one attached hydrogen (secondary N) is 2. The van der Waals surface area contributed by atoms with Crippen molar-refractivity contribution in [2.75, 3.05) is 59.5 Å². The molecule has 0 aromatic heterocycles. The normalized spacial score (nSPS) is 20.2. The van der Waals surface area contributed by atoms with E-state index >= 15 is 0 Å². The summed E-state index contributed by atoms with van der Waals surface area (Å²) in [6.45, 7) is 16.6. The van der Waals surface area contributed by atoms with E-state index in [9.17, 15) is 0 Å². The van der Waals surface area contributed by atoms with Crippen molar-refractivity contribution in [3.05, 3.63) is 0 Å². The van der Waals surface area contributed by atoms with Gasteiger partial charge in [0.2, 0.25) is 0 Å². The van der Waals surface area contributed by atoms with E-state index in [2.05, 4.69) is 55.2 Å². The summed E-state index contributed by atoms with van der Waals surface area (Å²) in [7, 11) is 2.14. The van der Waals surface area contributed by atoms with E-state index in [0.29, 0.717) is 12.6 Å². The molecule has 1 saturated heterocycles. The maximum absolute atomic E-state index is 5.79. The Balaban J connectivity index is 0.00000576. The molecule has 0 saturated carbocycles. The topological polar surface area (TPSA) is 52.1 Å². The Morgan fingerprint density at radius 3 is 2.64 bits per heavy atom. The van der Waals surface area contributed by atoms with Gasteiger partial charge in [0.25, 0.3) is 0 Å². The van der Waals surface area contributed by atoms with Gasteiger partial charge in [0.1, 0.15) is 0 Å². The summed E-state index contributed by atoms with van der Waals surface area (Å²) in [4.78, 5) is 9.50. The second-order valence-corrected chi connectivity index (χ2v) is 6.69. The first-order chi connectivity index (χ1) is 11.6. The number of halogens is 1. The van der Waals surface area contributed by atoms with Crippen molar-refractivity contribution in [2.45, 2.75) is 52.7 Å². The summed E-state index contributed by atoms with van der Waals surface area (Å²) >= 11 is 0. The average Bonchev–Trinajstić information content (AvgIpc) is 2.57. The number of ether oxygens (including phenoxy) is 1. The molecule has 7 heteroatoms. The molecule has 0 spiro atoms. The number of hydrogen-bond donors (Lipinski definition) is 2. The summed E-state index contributed by atoms with van der Waals surface area (Å²) in [5, 5.41) is 6.87. The molecule has 25 heavy (non-hydrogen) atoms. The van der Waals surface area contributed by atoms with Crippen LogP contribution in [0.15, 0.2) is 4.99 Å². The highest BCUT2D eigenvalue weighted by Crippen LogP contribution is 2.04. The second kappa shape index (κ2) is 15.0. The monoisotopic (exact) mass is 469 g/mol. The molecular weight excluding hydrogens is 429 g/mol. The van der Waals surface area contributed by atoms with Crippen LogP contribution in [-0.2, 0) is 4.74 Å². The first kappa shape index (κ1) is 24.9. The molecular formula is C18H40IN5O. The Bertz CT molecular complexity index is 352. The quantitative estimate of drug-likeness (QED) is 0.291. The van der Waals surface area contributed by atoms with Crippen LogP contribution in [0.4, 0.5) is 0 Å². The number of hydrogen-bond acceptors (Lipinski definition) is 4. The Labute approximate surface area is 172 Å². The van der Waals surface area contributed by atoms with Gasteiger partial charge in [0.05, 0.1) is 19.3 Å². The number of rotatable bonds is 10. The Hall–Kier alpha value is -0.120. The minimum Gasteiger partial charge on any atom is -0.374 e. The fourth-order valence-electron chi connectivity index (χ4n) is 2.96. The van der Waals surface area contributed by atoms with Gasteiger partial charge in [-0.15, -0.1) is 24.0 Å². The fourth-order valence-corrected chi connectivity index (χ4v) is 2.96. The molecule has 2 atom stereocenters. The molecule has 0 radical (unpaired) electrons. The molecule has 1 rings (SSSR count). The zero-order valence-electron chi connectivity index (χ0n) is 16.9. The number of guanidine groups is 1. The van der Waals surface area contributed by atoms with Crippen LogP contribution in [0.3, 0.4) is 0 Å². The van der Waals surface area contributed by atoms with Gasteiger partial charge in [-0.05, 0) is 53.4 Å². The number of aliphatic imine (C=N–C) groups is 1. The molecule has 1 aliphatic rings. The molecule has 6 nitrogen and oxygen atoms in total. The Kier molecular flexibility index (Phi) is 14.9. The van der Waals surface area contributed by atoms with Crippen molar-refractivity contribution in [1.82, 2.24) is 20.4 Å². The van der Waals surface area contributed by atoms with Crippen molar-refractivity contribution in [1.29, 1.82) is 0 Å². The molecule has 0 aromatic rings. The van der Waals surface area contributed by atoms with Gasteiger partial charge in [0, 0.05) is 25.7 Å². The van der Waals surface area contributed by atoms with E-state index in [1.54, 1.807) is 0 Å². The summed E-state index contributed by atoms with van der Waals surface area (Å²) in [6.07, 6.45) is 2.58. The smallest absolute Gasteiger partial charge is 0.191 e. The molecule has 1 heterocycles. The van der Waals surface area contributed by atoms with Crippen LogP contribution in [0.1, 0.15) is 40.5 Å². The van der Waals surface area contributed by atoms with Crippen molar-refractivity contribution < 1.29 is 4.74 Å². The SMILES string of the molecule is CCNC(=NCC1CN(C)CCO1)NC(C)CCCN(CC)CC.I. The van der Waals surface area contributed by atoms with E-state index in [1.807, 2.05) is 0 Å². The highest BCUT2D eigenvalue weighted by atomic mass is 127. The number of likely N-dealkylation sites (N-methyl/N-ethyl adjacent to an activating group) is 1. The first-order valence-electron chi connectivity index (χ1n) is 9.66. The lowest BCUT2D eigenvalue weighted by Gasteiger charge is -2.29. The van der Waals surface area contributed by atoms with Crippen molar-refractivity contribution in [3.8, 4) is 0 Å². The molecule has 1 aliphatic heterocycles. The van der Waals surface area contributed by atoms with Crippen molar-refractivity contribution >= 4 is 29.9 Å². The van der Waals surface area contributed by atoms with Gasteiger partial charge in [0.15, 0.2) is 5.96 Å². The molecule has 2 unspecified atom stereocenters. The zero-order chi connectivity index (χ0) is 17.8. The maximum Gasteiger partial charge on any atom is 0.191 e. The van der Waals surface area contributed by atoms with Crippen LogP contribution < -0.4 is 10.6 Å². The molecule has 0 amide bonds. The highest BCUT2D eigenvalue weighted by Gasteiger charge is 2.17. The summed E-state index contributed by atoms with van der Waals surface area (Å²) < 4.78 is 5.79. The van der Waals surface area contributed by atoms with Gasteiger partial charge < -0.3 is 25.2 Å². The van der Waals surface area contributed by atoms with Crippen LogP contribution in [0, 0.1) is 0 Å². The van der Waals surface area contributed by atoms with Gasteiger partial charge >= 0.3 is 0 Å². The third kappa shape index (κ3) is 11.2. The first-order valence-corrected chi connectivity index (χ1v) is 9.66. The van der Waals surface area contributed by atoms with E-state index in [4.69, 9.17) is 9.73 Å². The van der Waals surface area contributed by atoms with Crippen LogP contribution in [0.5, 0.6) is 0 Å². The van der Waals surface area contributed by atoms with E-state index < -0.39 is 0 Å². The van der Waals surface area contributed by atoms with Gasteiger partial charge in [-0.1, -0.05) is 13.8 Å². The summed E-state index contributed by atoms with van der Waals surface area (Å²) in [5.74, 6) is 0.907. The number of morpholine rings is 1. The summed E-state index contributed by atoms with van der Waals surface area (Å²) in [6, 6.07) is 0.424. The molecule has 0 bridgehead atoms. The van der Waals surface area contributed by atoms with E-state index in [1.165, 1.54) is 13.0 Å². The van der Waals surface area contributed by atoms with Crippen molar-refractivity contribution in [3.63, 3.8) is 0 Å². The zero-order valence-corrected chi connectivity index (χ0v) is 19.2. The Morgan fingerprint density at radius 2 is 2.04 bits per heavy atom. The van der Waals surface area contributed by atoms with Crippen molar-refractivity contribution in [2.24, 2.45) is 4.99 Å². The van der Waals surface area contributed by atoms with E-state index in [-0.39, 0.29) is 30.1 Å². The minimum atomic E-state index is 0. The molecule has 2 N–H and O–H groups in total. The predicted octanol–water partition coefficient (Wildman–Crippen LogP) is 2.00. The largest absolute Gasteiger partial charge is 0.374 e. The van der Waals surface area contributed by atoms with Gasteiger partial charge in [-0.2, -0.15) is 0 Å². The van der Waals surface area contributed by atoms with Crippen LogP contribution in [0.2, 0.25) is 0 Å². The van der Waals surface area contributed by atoms with E-state index in [0.717, 1.165) is 51.7 Å². The van der Waals surface area contributed by atoms with Gasteiger partial charge in [-0.3, -0.25) is 4.99 Å².